The average molecular weight is 330 g/mol. The third-order valence-corrected chi connectivity index (χ3v) is 5.53. The van der Waals surface area contributed by atoms with Crippen LogP contribution in [0.5, 0.6) is 0 Å². The molecular formula is C14H26N4O3S. The number of piperidine rings is 1. The lowest BCUT2D eigenvalue weighted by atomic mass is 10.1. The maximum atomic E-state index is 12.2. The monoisotopic (exact) mass is 330 g/mol. The lowest BCUT2D eigenvalue weighted by Gasteiger charge is -2.34. The van der Waals surface area contributed by atoms with Crippen LogP contribution in [0.25, 0.3) is 0 Å². The molecule has 1 fully saturated rings. The van der Waals surface area contributed by atoms with Gasteiger partial charge in [-0.3, -0.25) is 4.68 Å². The molecule has 22 heavy (non-hydrogen) atoms. The number of hydrogen-bond donors (Lipinski definition) is 1. The molecule has 0 aliphatic carbocycles. The van der Waals surface area contributed by atoms with E-state index in [9.17, 15) is 8.42 Å². The topological polar surface area (TPSA) is 76.5 Å². The number of nitrogens with one attached hydrogen (secondary N) is 1. The number of hydrogen-bond acceptors (Lipinski definition) is 5. The first kappa shape index (κ1) is 17.2. The molecule has 1 aromatic heterocycles. The second-order valence-electron chi connectivity index (χ2n) is 6.00. The Kier molecular flexibility index (Phi) is 5.46. The van der Waals surface area contributed by atoms with Gasteiger partial charge in [0.25, 0.3) is 0 Å². The lowest BCUT2D eigenvalue weighted by molar-refractivity contribution is 0.136. The van der Waals surface area contributed by atoms with Crippen molar-refractivity contribution >= 4 is 15.8 Å². The highest BCUT2D eigenvalue weighted by Crippen LogP contribution is 2.20. The van der Waals surface area contributed by atoms with Crippen molar-refractivity contribution in [2.75, 3.05) is 30.9 Å². The van der Waals surface area contributed by atoms with Gasteiger partial charge in [-0.25, -0.2) is 13.1 Å². The summed E-state index contributed by atoms with van der Waals surface area (Å²) in [5.74, 6) is 1.02. The van der Waals surface area contributed by atoms with E-state index in [0.29, 0.717) is 6.54 Å². The Morgan fingerprint density at radius 2 is 2.27 bits per heavy atom. The molecular weight excluding hydrogens is 304 g/mol. The molecule has 0 bridgehead atoms. The number of ether oxygens (including phenoxy) is 1. The third-order valence-electron chi connectivity index (χ3n) is 3.93. The first-order valence-corrected chi connectivity index (χ1v) is 9.24. The Bertz CT molecular complexity index is 599. The van der Waals surface area contributed by atoms with Gasteiger partial charge in [-0.05, 0) is 26.7 Å². The standard InChI is InChI=1S/C14H26N4O3S/c1-11-8-14(17(3)15-11)18-7-5-6-13(9-18)16-22(19,20)10-12(2)21-4/h8,12-13,16H,5-7,9-10H2,1-4H3. The van der Waals surface area contributed by atoms with E-state index in [1.165, 1.54) is 7.11 Å². The van der Waals surface area contributed by atoms with Gasteiger partial charge in [0.2, 0.25) is 10.0 Å². The van der Waals surface area contributed by atoms with Crippen molar-refractivity contribution in [2.45, 2.75) is 38.8 Å². The highest BCUT2D eigenvalue weighted by molar-refractivity contribution is 7.89. The molecule has 2 atom stereocenters. The van der Waals surface area contributed by atoms with Gasteiger partial charge < -0.3 is 9.64 Å². The molecule has 2 unspecified atom stereocenters. The molecule has 0 amide bonds. The Morgan fingerprint density at radius 3 is 2.86 bits per heavy atom. The van der Waals surface area contributed by atoms with Gasteiger partial charge in [0, 0.05) is 39.4 Å². The summed E-state index contributed by atoms with van der Waals surface area (Å²) in [4.78, 5) is 2.19. The second-order valence-corrected chi connectivity index (χ2v) is 7.80. The lowest BCUT2D eigenvalue weighted by Crippen LogP contribution is -2.49. The minimum absolute atomic E-state index is 0.00911. The van der Waals surface area contributed by atoms with Gasteiger partial charge in [0.1, 0.15) is 5.82 Å². The van der Waals surface area contributed by atoms with Crippen molar-refractivity contribution in [1.29, 1.82) is 0 Å². The molecule has 0 saturated carbocycles. The van der Waals surface area contributed by atoms with E-state index in [-0.39, 0.29) is 17.9 Å². The average Bonchev–Trinajstić information content (AvgIpc) is 2.76. The van der Waals surface area contributed by atoms with Crippen molar-refractivity contribution in [1.82, 2.24) is 14.5 Å². The molecule has 1 N–H and O–H groups in total. The maximum absolute atomic E-state index is 12.2. The van der Waals surface area contributed by atoms with E-state index in [0.717, 1.165) is 30.9 Å². The Labute approximate surface area is 132 Å². The summed E-state index contributed by atoms with van der Waals surface area (Å²) in [6.45, 7) is 5.30. The van der Waals surface area contributed by atoms with Crippen molar-refractivity contribution in [3.8, 4) is 0 Å². The van der Waals surface area contributed by atoms with Gasteiger partial charge in [-0.1, -0.05) is 0 Å². The van der Waals surface area contributed by atoms with Crippen molar-refractivity contribution in [3.05, 3.63) is 11.8 Å². The summed E-state index contributed by atoms with van der Waals surface area (Å²) in [7, 11) is 0.107. The molecule has 2 heterocycles. The normalized spacial score (nSPS) is 21.1. The van der Waals surface area contributed by atoms with E-state index in [1.807, 2.05) is 24.7 Å². The molecule has 2 rings (SSSR count). The van der Waals surface area contributed by atoms with Crippen molar-refractivity contribution in [2.24, 2.45) is 7.05 Å². The van der Waals surface area contributed by atoms with Crippen LogP contribution in [0.1, 0.15) is 25.5 Å². The molecule has 126 valence electrons. The highest BCUT2D eigenvalue weighted by atomic mass is 32.2. The van der Waals surface area contributed by atoms with Crippen LogP contribution < -0.4 is 9.62 Å². The summed E-state index contributed by atoms with van der Waals surface area (Å²) < 4.78 is 34.0. The number of methoxy groups -OCH3 is 1. The first-order chi connectivity index (χ1) is 10.3. The van der Waals surface area contributed by atoms with Crippen LogP contribution in [0.3, 0.4) is 0 Å². The van der Waals surface area contributed by atoms with E-state index in [1.54, 1.807) is 6.92 Å². The number of sulfonamides is 1. The third kappa shape index (κ3) is 4.44. The predicted molar refractivity (Wildman–Crippen MR) is 86.6 cm³/mol. The zero-order valence-corrected chi connectivity index (χ0v) is 14.6. The second kappa shape index (κ2) is 6.97. The van der Waals surface area contributed by atoms with Crippen molar-refractivity contribution in [3.63, 3.8) is 0 Å². The molecule has 7 nitrogen and oxygen atoms in total. The molecule has 0 aromatic carbocycles. The quantitative estimate of drug-likeness (QED) is 0.829. The number of aromatic nitrogens is 2. The van der Waals surface area contributed by atoms with Gasteiger partial charge in [0.05, 0.1) is 17.6 Å². The summed E-state index contributed by atoms with van der Waals surface area (Å²) in [5, 5.41) is 4.36. The van der Waals surface area contributed by atoms with Gasteiger partial charge in [-0.2, -0.15) is 5.10 Å². The molecule has 1 aliphatic heterocycles. The maximum Gasteiger partial charge on any atom is 0.214 e. The van der Waals surface area contributed by atoms with Gasteiger partial charge >= 0.3 is 0 Å². The summed E-state index contributed by atoms with van der Waals surface area (Å²) >= 11 is 0. The van der Waals surface area contributed by atoms with E-state index in [2.05, 4.69) is 14.7 Å². The Hall–Kier alpha value is -1.12. The summed E-state index contributed by atoms with van der Waals surface area (Å²) in [6.07, 6.45) is 1.50. The van der Waals surface area contributed by atoms with Crippen LogP contribution in [0.4, 0.5) is 5.82 Å². The predicted octanol–water partition coefficient (Wildman–Crippen LogP) is 0.652. The molecule has 1 aromatic rings. The summed E-state index contributed by atoms with van der Waals surface area (Å²) in [5.41, 5.74) is 0.967. The van der Waals surface area contributed by atoms with E-state index in [4.69, 9.17) is 4.74 Å². The van der Waals surface area contributed by atoms with Crippen LogP contribution in [-0.4, -0.2) is 56.3 Å². The molecule has 8 heteroatoms. The zero-order valence-electron chi connectivity index (χ0n) is 13.7. The number of anilines is 1. The first-order valence-electron chi connectivity index (χ1n) is 7.59. The fourth-order valence-electron chi connectivity index (χ4n) is 2.85. The number of aryl methyl sites for hydroxylation is 2. The molecule has 0 spiro atoms. The van der Waals surface area contributed by atoms with Gasteiger partial charge in [-0.15, -0.1) is 0 Å². The van der Waals surface area contributed by atoms with Crippen LogP contribution >= 0.6 is 0 Å². The Balaban J connectivity index is 2.00. The van der Waals surface area contributed by atoms with Gasteiger partial charge in [0.15, 0.2) is 0 Å². The van der Waals surface area contributed by atoms with E-state index >= 15 is 0 Å². The van der Waals surface area contributed by atoms with Crippen LogP contribution in [0, 0.1) is 6.92 Å². The number of rotatable bonds is 6. The SMILES string of the molecule is COC(C)CS(=O)(=O)NC1CCCN(c2cc(C)nn2C)C1. The summed E-state index contributed by atoms with van der Waals surface area (Å²) in [6, 6.07) is 1.96. The van der Waals surface area contributed by atoms with Crippen LogP contribution in [0.2, 0.25) is 0 Å². The van der Waals surface area contributed by atoms with Crippen LogP contribution in [-0.2, 0) is 21.8 Å². The molecule has 1 aliphatic rings. The zero-order chi connectivity index (χ0) is 16.3. The van der Waals surface area contributed by atoms with Crippen molar-refractivity contribution < 1.29 is 13.2 Å². The minimum atomic E-state index is -3.33. The largest absolute Gasteiger partial charge is 0.381 e. The fourth-order valence-corrected chi connectivity index (χ4v) is 4.40. The number of nitrogens with zero attached hydrogens (tertiary/aromatic N) is 3. The molecule has 1 saturated heterocycles. The fraction of sp³-hybridized carbons (Fsp3) is 0.786. The smallest absolute Gasteiger partial charge is 0.214 e. The van der Waals surface area contributed by atoms with E-state index < -0.39 is 10.0 Å². The Morgan fingerprint density at radius 1 is 1.55 bits per heavy atom. The minimum Gasteiger partial charge on any atom is -0.381 e. The highest BCUT2D eigenvalue weighted by Gasteiger charge is 2.26. The molecule has 0 radical (unpaired) electrons. The van der Waals surface area contributed by atoms with Crippen LogP contribution in [0.15, 0.2) is 6.07 Å².